The van der Waals surface area contributed by atoms with Gasteiger partial charge in [-0.2, -0.15) is 0 Å². The third-order valence-electron chi connectivity index (χ3n) is 4.88. The molecule has 1 aromatic carbocycles. The van der Waals surface area contributed by atoms with Crippen LogP contribution >= 0.6 is 0 Å². The number of phenols is 2. The van der Waals surface area contributed by atoms with Crippen molar-refractivity contribution >= 4 is 5.91 Å². The van der Waals surface area contributed by atoms with Gasteiger partial charge in [0.05, 0.1) is 5.54 Å². The molecule has 0 unspecified atom stereocenters. The Hall–Kier alpha value is -1.75. The summed E-state index contributed by atoms with van der Waals surface area (Å²) in [5, 5.41) is 22.8. The Bertz CT molecular complexity index is 567. The van der Waals surface area contributed by atoms with Crippen molar-refractivity contribution in [1.82, 2.24) is 10.2 Å². The monoisotopic (exact) mass is 304 g/mol. The highest BCUT2D eigenvalue weighted by Gasteiger charge is 2.51. The van der Waals surface area contributed by atoms with Gasteiger partial charge in [-0.25, -0.2) is 0 Å². The number of phenolic OH excluding ortho intramolecular Hbond substituents is 2. The minimum absolute atomic E-state index is 0.137. The smallest absolute Gasteiger partial charge is 0.244 e. The summed E-state index contributed by atoms with van der Waals surface area (Å²) in [5.41, 5.74) is 0.380. The summed E-state index contributed by atoms with van der Waals surface area (Å²) in [5.74, 6) is -0.0955. The Morgan fingerprint density at radius 1 is 1.23 bits per heavy atom. The van der Waals surface area contributed by atoms with Crippen molar-refractivity contribution in [1.29, 1.82) is 0 Å². The standard InChI is InChI=1S/C17H24N2O3/c1-2-10-19-15(12-6-7-13(20)14(21)11-12)18-17(16(19)22)8-4-3-5-9-17/h6-7,11,15,18,20-21H,2-5,8-10H2,1H3/t15-/m0/s1. The maximum atomic E-state index is 13.0. The van der Waals surface area contributed by atoms with Gasteiger partial charge in [-0.3, -0.25) is 10.1 Å². The van der Waals surface area contributed by atoms with Crippen LogP contribution in [0, 0.1) is 0 Å². The van der Waals surface area contributed by atoms with Gasteiger partial charge in [0.1, 0.15) is 6.17 Å². The van der Waals surface area contributed by atoms with E-state index in [1.807, 2.05) is 4.90 Å². The van der Waals surface area contributed by atoms with E-state index in [4.69, 9.17) is 0 Å². The molecule has 3 rings (SSSR count). The van der Waals surface area contributed by atoms with E-state index in [1.165, 1.54) is 12.5 Å². The van der Waals surface area contributed by atoms with Crippen molar-refractivity contribution in [3.8, 4) is 11.5 Å². The van der Waals surface area contributed by atoms with Gasteiger partial charge >= 0.3 is 0 Å². The first-order chi connectivity index (χ1) is 10.6. The Morgan fingerprint density at radius 3 is 2.59 bits per heavy atom. The highest BCUT2D eigenvalue weighted by Crippen LogP contribution is 2.41. The molecule has 2 aliphatic rings. The first-order valence-corrected chi connectivity index (χ1v) is 8.18. The van der Waals surface area contributed by atoms with Crippen LogP contribution in [0.3, 0.4) is 0 Å². The van der Waals surface area contributed by atoms with Gasteiger partial charge in [0, 0.05) is 6.54 Å². The molecule has 1 spiro atoms. The zero-order valence-electron chi connectivity index (χ0n) is 13.0. The first kappa shape index (κ1) is 15.2. The number of rotatable bonds is 3. The average Bonchev–Trinajstić information content (AvgIpc) is 2.77. The number of amides is 1. The molecule has 1 saturated heterocycles. The number of hydrogen-bond donors (Lipinski definition) is 3. The number of nitrogens with zero attached hydrogens (tertiary/aromatic N) is 1. The lowest BCUT2D eigenvalue weighted by atomic mass is 9.81. The SMILES string of the molecule is CCCN1C(=O)C2(CCCCC2)N[C@@H]1c1ccc(O)c(O)c1. The Balaban J connectivity index is 1.94. The summed E-state index contributed by atoms with van der Waals surface area (Å²) in [6, 6.07) is 4.79. The van der Waals surface area contributed by atoms with E-state index in [0.29, 0.717) is 6.54 Å². The molecule has 2 fully saturated rings. The fourth-order valence-electron chi connectivity index (χ4n) is 3.75. The van der Waals surface area contributed by atoms with Gasteiger partial charge in [-0.05, 0) is 37.0 Å². The Morgan fingerprint density at radius 2 is 1.95 bits per heavy atom. The van der Waals surface area contributed by atoms with Crippen LogP contribution < -0.4 is 5.32 Å². The van der Waals surface area contributed by atoms with Gasteiger partial charge in [0.2, 0.25) is 5.91 Å². The number of carbonyl (C=O) groups is 1. The Labute approximate surface area is 130 Å². The number of hydrogen-bond acceptors (Lipinski definition) is 4. The molecule has 120 valence electrons. The van der Waals surface area contributed by atoms with E-state index >= 15 is 0 Å². The summed E-state index contributed by atoms with van der Waals surface area (Å²) >= 11 is 0. The molecule has 5 nitrogen and oxygen atoms in total. The molecule has 1 aliphatic heterocycles. The fraction of sp³-hybridized carbons (Fsp3) is 0.588. The molecule has 1 aliphatic carbocycles. The number of benzene rings is 1. The van der Waals surface area contributed by atoms with Crippen molar-refractivity contribution in [2.75, 3.05) is 6.54 Å². The molecular weight excluding hydrogens is 280 g/mol. The van der Waals surface area contributed by atoms with E-state index in [9.17, 15) is 15.0 Å². The molecule has 3 N–H and O–H groups in total. The first-order valence-electron chi connectivity index (χ1n) is 8.18. The van der Waals surface area contributed by atoms with Crippen molar-refractivity contribution in [3.63, 3.8) is 0 Å². The lowest BCUT2D eigenvalue weighted by Gasteiger charge is -2.31. The van der Waals surface area contributed by atoms with Crippen LogP contribution in [0.2, 0.25) is 0 Å². The third-order valence-corrected chi connectivity index (χ3v) is 4.88. The van der Waals surface area contributed by atoms with E-state index in [0.717, 1.165) is 37.7 Å². The maximum absolute atomic E-state index is 13.0. The van der Waals surface area contributed by atoms with Gasteiger partial charge in [0.25, 0.3) is 0 Å². The maximum Gasteiger partial charge on any atom is 0.244 e. The minimum Gasteiger partial charge on any atom is -0.504 e. The zero-order chi connectivity index (χ0) is 15.7. The molecule has 0 radical (unpaired) electrons. The predicted molar refractivity (Wildman–Crippen MR) is 83.5 cm³/mol. The topological polar surface area (TPSA) is 72.8 Å². The van der Waals surface area contributed by atoms with Crippen LogP contribution in [-0.4, -0.2) is 33.1 Å². The van der Waals surface area contributed by atoms with Gasteiger partial charge in [0.15, 0.2) is 11.5 Å². The molecule has 22 heavy (non-hydrogen) atoms. The van der Waals surface area contributed by atoms with Crippen LogP contribution in [0.25, 0.3) is 0 Å². The molecule has 1 atom stereocenters. The lowest BCUT2D eigenvalue weighted by molar-refractivity contribution is -0.134. The lowest BCUT2D eigenvalue weighted by Crippen LogP contribution is -2.48. The highest BCUT2D eigenvalue weighted by molar-refractivity contribution is 5.89. The second kappa shape index (κ2) is 5.80. The second-order valence-corrected chi connectivity index (χ2v) is 6.44. The molecule has 1 aromatic rings. The van der Waals surface area contributed by atoms with E-state index in [-0.39, 0.29) is 23.6 Å². The van der Waals surface area contributed by atoms with Crippen molar-refractivity contribution in [2.24, 2.45) is 0 Å². The molecule has 1 heterocycles. The van der Waals surface area contributed by atoms with Crippen molar-refractivity contribution in [2.45, 2.75) is 57.2 Å². The second-order valence-electron chi connectivity index (χ2n) is 6.44. The molecule has 0 aromatic heterocycles. The number of nitrogens with one attached hydrogen (secondary N) is 1. The summed E-state index contributed by atoms with van der Waals surface area (Å²) < 4.78 is 0. The highest BCUT2D eigenvalue weighted by atomic mass is 16.3. The summed E-state index contributed by atoms with van der Waals surface area (Å²) in [6.45, 7) is 2.75. The summed E-state index contributed by atoms with van der Waals surface area (Å²) in [7, 11) is 0. The van der Waals surface area contributed by atoms with E-state index in [2.05, 4.69) is 12.2 Å². The van der Waals surface area contributed by atoms with Crippen LogP contribution in [-0.2, 0) is 4.79 Å². The van der Waals surface area contributed by atoms with Crippen LogP contribution in [0.15, 0.2) is 18.2 Å². The largest absolute Gasteiger partial charge is 0.504 e. The third kappa shape index (κ3) is 2.43. The molecule has 1 amide bonds. The summed E-state index contributed by atoms with van der Waals surface area (Å²) in [6.07, 6.45) is 5.77. The average molecular weight is 304 g/mol. The zero-order valence-corrected chi connectivity index (χ0v) is 13.0. The fourth-order valence-corrected chi connectivity index (χ4v) is 3.75. The van der Waals surface area contributed by atoms with Crippen LogP contribution in [0.1, 0.15) is 57.2 Å². The molecule has 0 bridgehead atoms. The van der Waals surface area contributed by atoms with Gasteiger partial charge in [-0.15, -0.1) is 0 Å². The predicted octanol–water partition coefficient (Wildman–Crippen LogP) is 2.64. The van der Waals surface area contributed by atoms with E-state index < -0.39 is 5.54 Å². The van der Waals surface area contributed by atoms with Crippen LogP contribution in [0.5, 0.6) is 11.5 Å². The normalized spacial score (nSPS) is 24.1. The van der Waals surface area contributed by atoms with Crippen LogP contribution in [0.4, 0.5) is 0 Å². The molecule has 5 heteroatoms. The quantitative estimate of drug-likeness (QED) is 0.751. The number of aromatic hydroxyl groups is 2. The summed E-state index contributed by atoms with van der Waals surface area (Å²) in [4.78, 5) is 14.8. The van der Waals surface area contributed by atoms with Crippen molar-refractivity contribution < 1.29 is 15.0 Å². The van der Waals surface area contributed by atoms with E-state index in [1.54, 1.807) is 12.1 Å². The van der Waals surface area contributed by atoms with Gasteiger partial charge in [-0.1, -0.05) is 32.3 Å². The van der Waals surface area contributed by atoms with Crippen molar-refractivity contribution in [3.05, 3.63) is 23.8 Å². The number of carbonyl (C=O) groups excluding carboxylic acids is 1. The molecule has 1 saturated carbocycles. The Kier molecular flexibility index (Phi) is 4.00. The minimum atomic E-state index is -0.439. The van der Waals surface area contributed by atoms with Gasteiger partial charge < -0.3 is 15.1 Å². The molecular formula is C17H24N2O3.